The summed E-state index contributed by atoms with van der Waals surface area (Å²) in [7, 11) is 2.46. The minimum absolute atomic E-state index is 0.0460. The molecule has 2 atom stereocenters. The Morgan fingerprint density at radius 2 is 1.87 bits per heavy atom. The van der Waals surface area contributed by atoms with Crippen LogP contribution in [0.5, 0.6) is 0 Å². The van der Waals surface area contributed by atoms with E-state index in [9.17, 15) is 13.8 Å². The minimum Gasteiger partial charge on any atom is -0.369 e. The van der Waals surface area contributed by atoms with Crippen molar-refractivity contribution < 1.29 is 9.00 Å². The van der Waals surface area contributed by atoms with Gasteiger partial charge in [-0.05, 0) is 70.1 Å². The van der Waals surface area contributed by atoms with Gasteiger partial charge >= 0.3 is 0 Å². The molecule has 2 aliphatic heterocycles. The lowest BCUT2D eigenvalue weighted by molar-refractivity contribution is 0.0966. The molecule has 1 saturated carbocycles. The minimum atomic E-state index is -1.39. The molecule has 0 spiro atoms. The average molecular weight is 641 g/mol. The number of carbonyl (C=O) groups excluding carboxylic acids is 1. The summed E-state index contributed by atoms with van der Waals surface area (Å²) in [5.41, 5.74) is 3.05. The first kappa shape index (κ1) is 30.8. The number of Topliss-reactive ketones (excluding diaryl/α,β-unsaturated/α-hetero) is 1. The van der Waals surface area contributed by atoms with Crippen molar-refractivity contribution in [3.8, 4) is 0 Å². The van der Waals surface area contributed by atoms with E-state index >= 15 is 0 Å². The fourth-order valence-corrected chi connectivity index (χ4v) is 7.89. The molecule has 1 aliphatic carbocycles. The highest BCUT2D eigenvalue weighted by molar-refractivity contribution is 7.85. The zero-order chi connectivity index (χ0) is 31.8. The van der Waals surface area contributed by atoms with Crippen LogP contribution in [0.2, 0.25) is 0 Å². The van der Waals surface area contributed by atoms with Crippen molar-refractivity contribution in [2.45, 2.75) is 49.7 Å². The Morgan fingerprint density at radius 1 is 1.04 bits per heavy atom. The van der Waals surface area contributed by atoms with E-state index < -0.39 is 16.4 Å². The molecule has 0 bridgehead atoms. The number of fused-ring (bicyclic) bond motifs is 2. The largest absolute Gasteiger partial charge is 0.369 e. The summed E-state index contributed by atoms with van der Waals surface area (Å²) in [4.78, 5) is 52.2. The second-order valence-electron chi connectivity index (χ2n) is 13.0. The van der Waals surface area contributed by atoms with E-state index in [4.69, 9.17) is 4.98 Å². The number of carbonyl (C=O) groups is 1. The molecule has 0 N–H and O–H groups in total. The zero-order valence-corrected chi connectivity index (χ0v) is 27.3. The Labute approximate surface area is 271 Å². The third-order valence-electron chi connectivity index (χ3n) is 9.36. The topological polar surface area (TPSA) is 117 Å². The number of aromatic nitrogens is 5. The van der Waals surface area contributed by atoms with Crippen molar-refractivity contribution in [2.75, 3.05) is 57.5 Å². The van der Waals surface area contributed by atoms with Crippen molar-refractivity contribution in [3.63, 3.8) is 0 Å². The van der Waals surface area contributed by atoms with Gasteiger partial charge in [0.25, 0.3) is 5.56 Å². The molecule has 1 aromatic carbocycles. The number of anilines is 1. The third-order valence-corrected chi connectivity index (χ3v) is 10.7. The molecule has 5 heterocycles. The molecule has 3 aromatic heterocycles. The van der Waals surface area contributed by atoms with Gasteiger partial charge in [0.1, 0.15) is 22.8 Å². The second-order valence-corrected chi connectivity index (χ2v) is 14.5. The molecule has 3 fully saturated rings. The standard InChI is InChI=1S/C34H40N8O3S/c1-39(2)14-15-46(45)33-26(18-35-22-37-33)20-42-32-25(17-29(34(42)44)31(43)24-7-8-24)19-36-30(38-32)16-23-5-9-27(10-6-23)41-13-12-40-11-3-4-28(40)21-41/h5-6,9-10,17-19,22,24,28H,3-4,7-8,11-16,20-21H2,1-2H3. The van der Waals surface area contributed by atoms with Gasteiger partial charge in [0.05, 0.1) is 22.9 Å². The molecule has 11 nitrogen and oxygen atoms in total. The Hall–Kier alpha value is -3.87. The van der Waals surface area contributed by atoms with E-state index in [1.165, 1.54) is 36.0 Å². The van der Waals surface area contributed by atoms with Crippen LogP contribution in [0.15, 0.2) is 58.9 Å². The van der Waals surface area contributed by atoms with Crippen LogP contribution in [0.3, 0.4) is 0 Å². The summed E-state index contributed by atoms with van der Waals surface area (Å²) < 4.78 is 14.7. The van der Waals surface area contributed by atoms with E-state index in [1.54, 1.807) is 18.5 Å². The number of benzene rings is 1. The highest BCUT2D eigenvalue weighted by atomic mass is 32.2. The highest BCUT2D eigenvalue weighted by Crippen LogP contribution is 2.32. The van der Waals surface area contributed by atoms with E-state index in [-0.39, 0.29) is 23.8 Å². The molecule has 12 heteroatoms. The van der Waals surface area contributed by atoms with Crippen LogP contribution < -0.4 is 10.5 Å². The first-order valence-electron chi connectivity index (χ1n) is 16.2. The average Bonchev–Trinajstić information content (AvgIpc) is 3.82. The quantitative estimate of drug-likeness (QED) is 0.179. The molecule has 0 amide bonds. The Kier molecular flexibility index (Phi) is 8.76. The predicted octanol–water partition coefficient (Wildman–Crippen LogP) is 2.77. The third kappa shape index (κ3) is 6.51. The number of nitrogens with zero attached hydrogens (tertiary/aromatic N) is 8. The summed E-state index contributed by atoms with van der Waals surface area (Å²) in [6.45, 7) is 5.14. The number of pyridine rings is 1. The van der Waals surface area contributed by atoms with Crippen LogP contribution in [0.25, 0.3) is 11.0 Å². The number of rotatable bonds is 11. The van der Waals surface area contributed by atoms with Crippen LogP contribution in [0.1, 0.15) is 53.0 Å². The first-order chi connectivity index (χ1) is 22.3. The maximum absolute atomic E-state index is 13.9. The second kappa shape index (κ2) is 13.1. The van der Waals surface area contributed by atoms with Crippen molar-refractivity contribution >= 4 is 33.3 Å². The summed E-state index contributed by atoms with van der Waals surface area (Å²) in [5.74, 6) is 0.721. The van der Waals surface area contributed by atoms with Crippen molar-refractivity contribution in [1.82, 2.24) is 34.3 Å². The molecule has 240 valence electrons. The van der Waals surface area contributed by atoms with Crippen LogP contribution in [0, 0.1) is 5.92 Å². The van der Waals surface area contributed by atoms with Gasteiger partial charge in [-0.2, -0.15) is 0 Å². The Morgan fingerprint density at radius 3 is 2.65 bits per heavy atom. The normalized spacial score (nSPS) is 19.1. The molecule has 46 heavy (non-hydrogen) atoms. The molecule has 2 unspecified atom stereocenters. The van der Waals surface area contributed by atoms with E-state index in [1.807, 2.05) is 19.0 Å². The van der Waals surface area contributed by atoms with Gasteiger partial charge in [0.15, 0.2) is 5.78 Å². The Balaban J connectivity index is 1.19. The van der Waals surface area contributed by atoms with Crippen LogP contribution in [0.4, 0.5) is 5.69 Å². The molecular formula is C34H40N8O3S. The van der Waals surface area contributed by atoms with Gasteiger partial charge in [-0.3, -0.25) is 23.3 Å². The maximum Gasteiger partial charge on any atom is 0.263 e. The Bertz CT molecular complexity index is 1840. The number of ketones is 1. The van der Waals surface area contributed by atoms with Crippen LogP contribution in [-0.4, -0.2) is 103 Å². The lowest BCUT2D eigenvalue weighted by Crippen LogP contribution is -2.50. The lowest BCUT2D eigenvalue weighted by Gasteiger charge is -2.38. The zero-order valence-electron chi connectivity index (χ0n) is 26.5. The molecule has 2 saturated heterocycles. The highest BCUT2D eigenvalue weighted by Gasteiger charge is 2.33. The van der Waals surface area contributed by atoms with Gasteiger partial charge < -0.3 is 9.80 Å². The molecule has 0 radical (unpaired) electrons. The predicted molar refractivity (Wildman–Crippen MR) is 178 cm³/mol. The van der Waals surface area contributed by atoms with Gasteiger partial charge in [0.2, 0.25) is 0 Å². The van der Waals surface area contributed by atoms with Gasteiger partial charge in [-0.15, -0.1) is 0 Å². The summed E-state index contributed by atoms with van der Waals surface area (Å²) in [6, 6.07) is 10.9. The fraction of sp³-hybridized carbons (Fsp3) is 0.471. The number of piperazine rings is 1. The van der Waals surface area contributed by atoms with E-state index in [0.717, 1.165) is 38.0 Å². The first-order valence-corrected chi connectivity index (χ1v) is 17.5. The van der Waals surface area contributed by atoms with Crippen LogP contribution in [-0.2, 0) is 23.8 Å². The van der Waals surface area contributed by atoms with Crippen molar-refractivity contribution in [3.05, 3.63) is 81.9 Å². The summed E-state index contributed by atoms with van der Waals surface area (Å²) in [5, 5.41) is 1.00. The lowest BCUT2D eigenvalue weighted by atomic mass is 10.1. The van der Waals surface area contributed by atoms with Crippen molar-refractivity contribution in [1.29, 1.82) is 0 Å². The van der Waals surface area contributed by atoms with Crippen LogP contribution >= 0.6 is 0 Å². The molecular weight excluding hydrogens is 600 g/mol. The number of hydrogen-bond acceptors (Lipinski definition) is 10. The van der Waals surface area contributed by atoms with Gasteiger partial charge in [-0.1, -0.05) is 12.1 Å². The SMILES string of the molecule is CN(C)CCS(=O)c1ncncc1Cn1c(=O)c(C(=O)C2CC2)cc2cnc(Cc3ccc(N4CCN5CCCC5C4)cc3)nc21. The fourth-order valence-electron chi connectivity index (χ4n) is 6.59. The monoisotopic (exact) mass is 640 g/mol. The van der Waals surface area contributed by atoms with E-state index in [2.05, 4.69) is 49.0 Å². The summed E-state index contributed by atoms with van der Waals surface area (Å²) in [6.07, 6.45) is 9.34. The number of hydrogen-bond donors (Lipinski definition) is 0. The van der Waals surface area contributed by atoms with Gasteiger partial charge in [-0.25, -0.2) is 19.9 Å². The molecule has 3 aliphatic rings. The molecule has 4 aromatic rings. The van der Waals surface area contributed by atoms with E-state index in [0.29, 0.717) is 52.2 Å². The summed E-state index contributed by atoms with van der Waals surface area (Å²) >= 11 is 0. The smallest absolute Gasteiger partial charge is 0.263 e. The van der Waals surface area contributed by atoms with Gasteiger partial charge in [0, 0.05) is 79.3 Å². The maximum atomic E-state index is 13.9. The van der Waals surface area contributed by atoms with Crippen molar-refractivity contribution in [2.24, 2.45) is 5.92 Å². The molecule has 7 rings (SSSR count).